The zero-order valence-corrected chi connectivity index (χ0v) is 17.9. The molecule has 1 aromatic heterocycles. The topological polar surface area (TPSA) is 101 Å². The summed E-state index contributed by atoms with van der Waals surface area (Å²) in [6.45, 7) is 4.37. The number of nitrogen functional groups attached to an aromatic ring is 1. The molecule has 2 N–H and O–H groups in total. The SMILES string of the molecule is Cc1cc(C)cc(N(CCC#N)C(=O)CSc2nnc(C3CCCCC3)n2N)c1. The highest BCUT2D eigenvalue weighted by Gasteiger charge is 2.24. The summed E-state index contributed by atoms with van der Waals surface area (Å²) in [6.07, 6.45) is 6.12. The van der Waals surface area contributed by atoms with E-state index in [4.69, 9.17) is 11.1 Å². The fourth-order valence-electron chi connectivity index (χ4n) is 3.90. The van der Waals surface area contributed by atoms with Gasteiger partial charge in [0.2, 0.25) is 11.1 Å². The first kappa shape index (κ1) is 21.2. The lowest BCUT2D eigenvalue weighted by Gasteiger charge is -2.23. The fraction of sp³-hybridized carbons (Fsp3) is 0.524. The molecule has 0 radical (unpaired) electrons. The van der Waals surface area contributed by atoms with Crippen molar-refractivity contribution in [1.29, 1.82) is 5.26 Å². The maximum atomic E-state index is 13.0. The minimum absolute atomic E-state index is 0.0718. The van der Waals surface area contributed by atoms with Crippen LogP contribution in [0.15, 0.2) is 23.4 Å². The monoisotopic (exact) mass is 412 g/mol. The van der Waals surface area contributed by atoms with Crippen LogP contribution in [-0.2, 0) is 4.79 Å². The number of anilines is 1. The van der Waals surface area contributed by atoms with E-state index in [0.29, 0.717) is 17.6 Å². The van der Waals surface area contributed by atoms with E-state index >= 15 is 0 Å². The largest absolute Gasteiger partial charge is 0.336 e. The average Bonchev–Trinajstić information content (AvgIpc) is 3.07. The number of benzene rings is 1. The van der Waals surface area contributed by atoms with E-state index in [1.165, 1.54) is 31.0 Å². The number of carbonyl (C=O) groups is 1. The van der Waals surface area contributed by atoms with Gasteiger partial charge in [-0.05, 0) is 49.9 Å². The molecule has 1 heterocycles. The number of rotatable bonds is 7. The summed E-state index contributed by atoms with van der Waals surface area (Å²) in [7, 11) is 0. The summed E-state index contributed by atoms with van der Waals surface area (Å²) < 4.78 is 1.55. The van der Waals surface area contributed by atoms with E-state index in [1.807, 2.05) is 26.0 Å². The van der Waals surface area contributed by atoms with Gasteiger partial charge in [-0.15, -0.1) is 10.2 Å². The van der Waals surface area contributed by atoms with Crippen molar-refractivity contribution < 1.29 is 4.79 Å². The molecule has 0 spiro atoms. The fourth-order valence-corrected chi connectivity index (χ4v) is 4.64. The smallest absolute Gasteiger partial charge is 0.237 e. The van der Waals surface area contributed by atoms with Crippen molar-refractivity contribution in [3.8, 4) is 6.07 Å². The molecule has 8 heteroatoms. The molecule has 1 amide bonds. The first-order valence-electron chi connectivity index (χ1n) is 10.1. The maximum absolute atomic E-state index is 13.0. The highest BCUT2D eigenvalue weighted by Crippen LogP contribution is 2.32. The number of carbonyl (C=O) groups excluding carboxylic acids is 1. The van der Waals surface area contributed by atoms with Gasteiger partial charge in [0.15, 0.2) is 5.82 Å². The summed E-state index contributed by atoms with van der Waals surface area (Å²) in [5.74, 6) is 7.52. The number of aromatic nitrogens is 3. The van der Waals surface area contributed by atoms with Crippen LogP contribution in [0.3, 0.4) is 0 Å². The number of nitriles is 1. The van der Waals surface area contributed by atoms with E-state index in [-0.39, 0.29) is 18.1 Å². The van der Waals surface area contributed by atoms with E-state index in [9.17, 15) is 4.79 Å². The molecule has 1 saturated carbocycles. The Bertz CT molecular complexity index is 877. The van der Waals surface area contributed by atoms with Gasteiger partial charge in [0.1, 0.15) is 0 Å². The summed E-state index contributed by atoms with van der Waals surface area (Å²) in [6, 6.07) is 8.14. The second kappa shape index (κ2) is 9.79. The van der Waals surface area contributed by atoms with Gasteiger partial charge in [-0.25, -0.2) is 4.68 Å². The quantitative estimate of drug-likeness (QED) is 0.550. The van der Waals surface area contributed by atoms with Crippen molar-refractivity contribution in [2.75, 3.05) is 23.0 Å². The Morgan fingerprint density at radius 2 is 1.93 bits per heavy atom. The third kappa shape index (κ3) is 5.30. The van der Waals surface area contributed by atoms with Gasteiger partial charge in [0.05, 0.1) is 18.2 Å². The van der Waals surface area contributed by atoms with Gasteiger partial charge in [-0.2, -0.15) is 5.26 Å². The second-order valence-electron chi connectivity index (χ2n) is 7.63. The Kier molecular flexibility index (Phi) is 7.15. The van der Waals surface area contributed by atoms with Crippen LogP contribution in [0.1, 0.15) is 61.4 Å². The number of hydrogen-bond acceptors (Lipinski definition) is 6. The maximum Gasteiger partial charge on any atom is 0.237 e. The molecular formula is C21H28N6OS. The van der Waals surface area contributed by atoms with Crippen LogP contribution in [0, 0.1) is 25.2 Å². The predicted octanol–water partition coefficient (Wildman–Crippen LogP) is 3.70. The van der Waals surface area contributed by atoms with Gasteiger partial charge in [0, 0.05) is 18.2 Å². The van der Waals surface area contributed by atoms with Crippen molar-refractivity contribution in [3.63, 3.8) is 0 Å². The van der Waals surface area contributed by atoms with Crippen molar-refractivity contribution in [2.45, 2.75) is 63.4 Å². The third-order valence-corrected chi connectivity index (χ3v) is 6.18. The van der Waals surface area contributed by atoms with Crippen molar-refractivity contribution in [2.24, 2.45) is 0 Å². The summed E-state index contributed by atoms with van der Waals surface area (Å²) >= 11 is 1.30. The molecule has 3 rings (SSSR count). The highest BCUT2D eigenvalue weighted by molar-refractivity contribution is 7.99. The van der Waals surface area contributed by atoms with Crippen LogP contribution in [0.2, 0.25) is 0 Å². The standard InChI is InChI=1S/C21H28N6OS/c1-15-11-16(2)13-18(12-15)26(10-6-9-22)19(28)14-29-21-25-24-20(27(21)23)17-7-4-3-5-8-17/h11-13,17H,3-8,10,14,23H2,1-2H3. The molecule has 7 nitrogen and oxygen atoms in total. The lowest BCUT2D eigenvalue weighted by Crippen LogP contribution is -2.33. The zero-order chi connectivity index (χ0) is 20.8. The normalized spacial score (nSPS) is 14.5. The first-order valence-corrected chi connectivity index (χ1v) is 11.1. The Hall–Kier alpha value is -2.53. The van der Waals surface area contributed by atoms with Crippen LogP contribution in [0.25, 0.3) is 0 Å². The Morgan fingerprint density at radius 3 is 2.59 bits per heavy atom. The molecule has 29 heavy (non-hydrogen) atoms. The molecule has 2 aromatic rings. The molecule has 1 fully saturated rings. The van der Waals surface area contributed by atoms with E-state index in [1.54, 1.807) is 9.58 Å². The highest BCUT2D eigenvalue weighted by atomic mass is 32.2. The Morgan fingerprint density at radius 1 is 1.24 bits per heavy atom. The Labute approximate surface area is 176 Å². The average molecular weight is 413 g/mol. The minimum Gasteiger partial charge on any atom is -0.336 e. The van der Waals surface area contributed by atoms with Crippen LogP contribution >= 0.6 is 11.8 Å². The number of hydrogen-bond donors (Lipinski definition) is 1. The van der Waals surface area contributed by atoms with Crippen molar-refractivity contribution in [1.82, 2.24) is 14.9 Å². The summed E-state index contributed by atoms with van der Waals surface area (Å²) in [5.41, 5.74) is 2.99. The molecule has 1 aliphatic carbocycles. The molecule has 0 saturated heterocycles. The van der Waals surface area contributed by atoms with Gasteiger partial charge < -0.3 is 10.7 Å². The molecule has 0 bridgehead atoms. The summed E-state index contributed by atoms with van der Waals surface area (Å²) in [4.78, 5) is 14.6. The minimum atomic E-state index is -0.0718. The molecule has 0 aliphatic heterocycles. The molecular weight excluding hydrogens is 384 g/mol. The molecule has 154 valence electrons. The number of thioether (sulfide) groups is 1. The number of amides is 1. The van der Waals surface area contributed by atoms with Crippen molar-refractivity contribution >= 4 is 23.4 Å². The van der Waals surface area contributed by atoms with Gasteiger partial charge >= 0.3 is 0 Å². The van der Waals surface area contributed by atoms with Crippen LogP contribution in [0.5, 0.6) is 0 Å². The number of nitrogens with two attached hydrogens (primary N) is 1. The molecule has 0 unspecified atom stereocenters. The Balaban J connectivity index is 1.70. The van der Waals surface area contributed by atoms with E-state index < -0.39 is 0 Å². The van der Waals surface area contributed by atoms with Gasteiger partial charge in [-0.1, -0.05) is 37.1 Å². The second-order valence-corrected chi connectivity index (χ2v) is 8.58. The van der Waals surface area contributed by atoms with Crippen molar-refractivity contribution in [3.05, 3.63) is 35.2 Å². The van der Waals surface area contributed by atoms with Crippen LogP contribution in [0.4, 0.5) is 5.69 Å². The summed E-state index contributed by atoms with van der Waals surface area (Å²) in [5, 5.41) is 18.1. The predicted molar refractivity (Wildman–Crippen MR) is 115 cm³/mol. The lowest BCUT2D eigenvalue weighted by atomic mass is 9.89. The zero-order valence-electron chi connectivity index (χ0n) is 17.1. The number of aryl methyl sites for hydroxylation is 2. The van der Waals surface area contributed by atoms with Crippen LogP contribution in [-0.4, -0.2) is 33.1 Å². The molecule has 1 aliphatic rings. The van der Waals surface area contributed by atoms with E-state index in [2.05, 4.69) is 22.3 Å². The third-order valence-electron chi connectivity index (χ3n) is 5.25. The van der Waals surface area contributed by atoms with Crippen LogP contribution < -0.4 is 10.7 Å². The molecule has 1 aromatic carbocycles. The van der Waals surface area contributed by atoms with Gasteiger partial charge in [-0.3, -0.25) is 4.79 Å². The van der Waals surface area contributed by atoms with E-state index in [0.717, 1.165) is 35.5 Å². The molecule has 0 atom stereocenters. The number of nitrogens with zero attached hydrogens (tertiary/aromatic N) is 5. The first-order chi connectivity index (χ1) is 14.0. The lowest BCUT2D eigenvalue weighted by molar-refractivity contribution is -0.116. The van der Waals surface area contributed by atoms with Gasteiger partial charge in [0.25, 0.3) is 0 Å².